The Labute approximate surface area is 328 Å². The van der Waals surface area contributed by atoms with Crippen molar-refractivity contribution >= 4 is 36.2 Å². The zero-order valence-electron chi connectivity index (χ0n) is 33.3. The zero-order chi connectivity index (χ0) is 40.4. The lowest BCUT2D eigenvalue weighted by Crippen LogP contribution is -2.51. The maximum Gasteiger partial charge on any atom is 0.407 e. The van der Waals surface area contributed by atoms with Crippen LogP contribution in [0.1, 0.15) is 82.7 Å². The van der Waals surface area contributed by atoms with Crippen molar-refractivity contribution in [3.05, 3.63) is 83.7 Å². The first-order valence-corrected chi connectivity index (χ1v) is 19.2. The summed E-state index contributed by atoms with van der Waals surface area (Å²) in [5, 5.41) is 5.36. The minimum Gasteiger partial charge on any atom is -0.453 e. The van der Waals surface area contributed by atoms with Crippen molar-refractivity contribution in [2.24, 2.45) is 11.8 Å². The molecule has 14 heteroatoms. The quantitative estimate of drug-likeness (QED) is 0.0956. The van der Waals surface area contributed by atoms with Crippen molar-refractivity contribution in [3.63, 3.8) is 0 Å². The Morgan fingerprint density at radius 2 is 1.36 bits per heavy atom. The van der Waals surface area contributed by atoms with E-state index in [-0.39, 0.29) is 36.2 Å². The summed E-state index contributed by atoms with van der Waals surface area (Å²) in [6.07, 6.45) is 8.81. The van der Waals surface area contributed by atoms with Crippen LogP contribution < -0.4 is 10.6 Å². The maximum atomic E-state index is 13.5. The molecule has 3 heterocycles. The van der Waals surface area contributed by atoms with Gasteiger partial charge >= 0.3 is 12.2 Å². The van der Waals surface area contributed by atoms with E-state index in [1.165, 1.54) is 14.2 Å². The summed E-state index contributed by atoms with van der Waals surface area (Å²) < 4.78 is 9.48. The summed E-state index contributed by atoms with van der Waals surface area (Å²) in [6, 6.07) is 14.7. The average Bonchev–Trinajstić information content (AvgIpc) is 3.99. The van der Waals surface area contributed by atoms with Gasteiger partial charge in [0.1, 0.15) is 23.7 Å². The highest BCUT2D eigenvalue weighted by Crippen LogP contribution is 2.33. The lowest BCUT2D eigenvalue weighted by Gasteiger charge is -2.30. The fourth-order valence-electron chi connectivity index (χ4n) is 6.79. The standard InChI is InChI=1S/C42H54N8O6/c1-8-21-49(39(51)36(26(2)3)47-41(53)55-6)25-35-43-23-32(45-35)30-17-13-28(14-18-30)11-12-29-15-19-31(20-16-29)33-24-44-38(46-33)34-10-9-22-50(34)40(52)37(27(4)5)48-42(54)56-7/h11-20,23-24,26-27,34,36-37H,8-10,21-22,25H2,1-7H3,(H,43,45)(H,44,46)(H,47,53)(H,48,54)/b12-11+/t34-,36-,37-/m0/s1. The van der Waals surface area contributed by atoms with E-state index in [0.29, 0.717) is 18.9 Å². The Bertz CT molecular complexity index is 1970. The van der Waals surface area contributed by atoms with Gasteiger partial charge in [-0.05, 0) is 53.4 Å². The van der Waals surface area contributed by atoms with Crippen molar-refractivity contribution < 1.29 is 28.7 Å². The largest absolute Gasteiger partial charge is 0.453 e. The molecule has 2 aromatic heterocycles. The van der Waals surface area contributed by atoms with Gasteiger partial charge < -0.3 is 39.9 Å². The number of nitrogens with zero attached hydrogens (tertiary/aromatic N) is 4. The van der Waals surface area contributed by atoms with Crippen LogP contribution in [-0.2, 0) is 25.6 Å². The van der Waals surface area contributed by atoms with E-state index in [1.54, 1.807) is 22.2 Å². The fraction of sp³-hybridized carbons (Fsp3) is 0.429. The van der Waals surface area contributed by atoms with Crippen LogP contribution in [0.5, 0.6) is 0 Å². The molecule has 0 unspecified atom stereocenters. The van der Waals surface area contributed by atoms with Gasteiger partial charge in [-0.2, -0.15) is 0 Å². The molecule has 0 aliphatic carbocycles. The summed E-state index contributed by atoms with van der Waals surface area (Å²) in [4.78, 5) is 70.2. The molecule has 5 rings (SSSR count). The number of benzene rings is 2. The number of hydrogen-bond acceptors (Lipinski definition) is 8. The van der Waals surface area contributed by atoms with Gasteiger partial charge in [0.05, 0.1) is 50.6 Å². The van der Waals surface area contributed by atoms with E-state index in [2.05, 4.69) is 42.7 Å². The Hall–Kier alpha value is -5.92. The second kappa shape index (κ2) is 19.1. The van der Waals surface area contributed by atoms with Crippen molar-refractivity contribution in [3.8, 4) is 22.5 Å². The van der Waals surface area contributed by atoms with Gasteiger partial charge in [-0.3, -0.25) is 9.59 Å². The van der Waals surface area contributed by atoms with Gasteiger partial charge in [0, 0.05) is 13.1 Å². The van der Waals surface area contributed by atoms with Crippen LogP contribution in [0.2, 0.25) is 0 Å². The van der Waals surface area contributed by atoms with Crippen LogP contribution in [-0.4, -0.2) is 93.1 Å². The number of H-pyrrole nitrogens is 2. The average molecular weight is 767 g/mol. The molecular weight excluding hydrogens is 713 g/mol. The van der Waals surface area contributed by atoms with Gasteiger partial charge in [-0.1, -0.05) is 95.3 Å². The number of amides is 4. The Morgan fingerprint density at radius 1 is 0.821 bits per heavy atom. The molecule has 4 amide bonds. The summed E-state index contributed by atoms with van der Waals surface area (Å²) >= 11 is 0. The van der Waals surface area contributed by atoms with E-state index in [1.807, 2.05) is 83.1 Å². The second-order valence-corrected chi connectivity index (χ2v) is 14.7. The van der Waals surface area contributed by atoms with Crippen LogP contribution >= 0.6 is 0 Å². The van der Waals surface area contributed by atoms with Crippen LogP contribution in [0, 0.1) is 11.8 Å². The summed E-state index contributed by atoms with van der Waals surface area (Å²) in [5.74, 6) is 0.842. The number of rotatable bonds is 15. The molecule has 56 heavy (non-hydrogen) atoms. The molecule has 0 saturated carbocycles. The Balaban J connectivity index is 1.19. The predicted octanol–water partition coefficient (Wildman–Crippen LogP) is 6.80. The summed E-state index contributed by atoms with van der Waals surface area (Å²) in [5.41, 5.74) is 5.72. The van der Waals surface area contributed by atoms with Gasteiger partial charge in [0.2, 0.25) is 11.8 Å². The number of hydrogen-bond donors (Lipinski definition) is 4. The number of ether oxygens (including phenoxy) is 2. The van der Waals surface area contributed by atoms with Crippen LogP contribution in [0.4, 0.5) is 9.59 Å². The van der Waals surface area contributed by atoms with Crippen molar-refractivity contribution in [1.82, 2.24) is 40.4 Å². The number of aromatic amines is 2. The number of carbonyl (C=O) groups excluding carboxylic acids is 4. The number of aromatic nitrogens is 4. The predicted molar refractivity (Wildman–Crippen MR) is 215 cm³/mol. The number of alkyl carbamates (subject to hydrolysis) is 2. The molecule has 4 aromatic rings. The molecule has 14 nitrogen and oxygen atoms in total. The fourth-order valence-corrected chi connectivity index (χ4v) is 6.79. The van der Waals surface area contributed by atoms with E-state index >= 15 is 0 Å². The molecular formula is C42H54N8O6. The van der Waals surface area contributed by atoms with E-state index in [9.17, 15) is 19.2 Å². The molecule has 0 radical (unpaired) electrons. The topological polar surface area (TPSA) is 175 Å². The van der Waals surface area contributed by atoms with Crippen molar-refractivity contribution in [2.75, 3.05) is 27.3 Å². The van der Waals surface area contributed by atoms with Crippen LogP contribution in [0.15, 0.2) is 60.9 Å². The smallest absolute Gasteiger partial charge is 0.407 e. The number of methoxy groups -OCH3 is 2. The first kappa shape index (κ1) is 41.2. The molecule has 0 bridgehead atoms. The SMILES string of the molecule is CCCN(Cc1ncc(-c2ccc(/C=C/c3ccc(-c4cnc([C@@H]5CCCN5C(=O)[C@@H](NC(=O)OC)C(C)C)[nH]4)cc3)cc2)[nH]1)C(=O)[C@@H](NC(=O)OC)C(C)C. The van der Waals surface area contributed by atoms with Gasteiger partial charge in [-0.25, -0.2) is 19.6 Å². The third-order valence-corrected chi connectivity index (χ3v) is 9.92. The molecule has 4 N–H and O–H groups in total. The molecule has 1 aliphatic rings. The third kappa shape index (κ3) is 10.2. The first-order valence-electron chi connectivity index (χ1n) is 19.2. The minimum atomic E-state index is -0.705. The Morgan fingerprint density at radius 3 is 1.89 bits per heavy atom. The van der Waals surface area contributed by atoms with E-state index < -0.39 is 24.3 Å². The monoisotopic (exact) mass is 766 g/mol. The van der Waals surface area contributed by atoms with Gasteiger partial charge in [0.25, 0.3) is 0 Å². The molecule has 1 saturated heterocycles. The molecule has 0 spiro atoms. The Kier molecular flexibility index (Phi) is 14.1. The lowest BCUT2D eigenvalue weighted by atomic mass is 10.0. The summed E-state index contributed by atoms with van der Waals surface area (Å²) in [6.45, 7) is 11.0. The zero-order valence-corrected chi connectivity index (χ0v) is 33.3. The number of nitrogens with one attached hydrogen (secondary N) is 4. The summed E-state index contributed by atoms with van der Waals surface area (Å²) in [7, 11) is 2.57. The number of likely N-dealkylation sites (tertiary alicyclic amines) is 1. The molecule has 1 aliphatic heterocycles. The highest BCUT2D eigenvalue weighted by atomic mass is 16.5. The van der Waals surface area contributed by atoms with Crippen molar-refractivity contribution in [1.29, 1.82) is 0 Å². The normalized spacial score (nSPS) is 15.2. The second-order valence-electron chi connectivity index (χ2n) is 14.7. The van der Waals surface area contributed by atoms with E-state index in [0.717, 1.165) is 58.7 Å². The number of carbonyl (C=O) groups is 4. The molecule has 2 aromatic carbocycles. The van der Waals surface area contributed by atoms with Crippen LogP contribution in [0.25, 0.3) is 34.7 Å². The minimum absolute atomic E-state index is 0.102. The van der Waals surface area contributed by atoms with Crippen LogP contribution in [0.3, 0.4) is 0 Å². The molecule has 298 valence electrons. The highest BCUT2D eigenvalue weighted by molar-refractivity contribution is 5.87. The molecule has 1 fully saturated rings. The first-order chi connectivity index (χ1) is 26.9. The van der Waals surface area contributed by atoms with Crippen molar-refractivity contribution in [2.45, 2.75) is 78.6 Å². The molecule has 3 atom stereocenters. The van der Waals surface area contributed by atoms with Gasteiger partial charge in [-0.15, -0.1) is 0 Å². The third-order valence-electron chi connectivity index (χ3n) is 9.92. The maximum absolute atomic E-state index is 13.5. The number of imidazole rings is 2. The lowest BCUT2D eigenvalue weighted by molar-refractivity contribution is -0.136. The highest BCUT2D eigenvalue weighted by Gasteiger charge is 2.37. The van der Waals surface area contributed by atoms with E-state index in [4.69, 9.17) is 9.47 Å². The van der Waals surface area contributed by atoms with Gasteiger partial charge in [0.15, 0.2) is 0 Å².